The number of rotatable bonds is 20. The molecule has 12 fully saturated rings. The molecular formula is C86H120N12O13. The first-order valence-electron chi connectivity index (χ1n) is 40.8. The number of hydrogen-bond acceptors (Lipinski definition) is 19. The molecule has 602 valence electrons. The van der Waals surface area contributed by atoms with Crippen molar-refractivity contribution < 1.29 is 62.3 Å². The van der Waals surface area contributed by atoms with Gasteiger partial charge in [-0.1, -0.05) is 106 Å². The van der Waals surface area contributed by atoms with Crippen LogP contribution in [-0.4, -0.2) is 155 Å². The van der Waals surface area contributed by atoms with Crippen LogP contribution < -0.4 is 27.4 Å². The third-order valence-electron chi connectivity index (χ3n) is 25.4. The number of alkyl carbamates (subject to hydrolysis) is 2. The number of amides is 4. The van der Waals surface area contributed by atoms with Crippen molar-refractivity contribution in [3.05, 3.63) is 131 Å². The van der Waals surface area contributed by atoms with Gasteiger partial charge in [-0.2, -0.15) is 9.97 Å². The van der Waals surface area contributed by atoms with Gasteiger partial charge in [-0.3, -0.25) is 4.79 Å². The van der Waals surface area contributed by atoms with Crippen molar-refractivity contribution in [1.82, 2.24) is 46.0 Å². The number of nitrogens with one attached hydrogen (secondary N) is 3. The molecule has 2 aromatic heterocycles. The second-order valence-electron chi connectivity index (χ2n) is 39.7. The standard InChI is InChI=1S/C32H44N4O5.C22H28N4O.C19H27N3O3.C13H21NO4/c1-29(2,3)39-27(37)33-22-17-31(18-22)15-21(16-31)25-34-26(35-41-25)32(12-13-32)19-36(28(38)40-30(4,5)6)24-14-23(24)20-10-8-7-9-11-20;23-16-11-21(12-16)9-15(10-21)19-25-20(26-27-19)22(6-7-22)13-24-18-8-17(18)14-4-2-1-3-5-14;1-18(2,3)25-17(23)22(12-19(9-10-19)16(20)21-24)15-11-14(15)13-7-5-4-6-8-13;1-12(2,3)18-11(17)14-9-6-13(7-9)4-8(5-13)10(15)16/h7-11,21-24H,12-19H2,1-6H3,(H,33,37);1-5,15-18,24H,6-13,23H2;4-8,14-15,24H,9-12H2,1-3H3,(H2,20,21);8-9H,4-7H2,1-3H3,(H,14,17)(H,15,16)/t21?,22?,23-,24+,31?;15?,16?,17-,18+,21?;14-,15+;/m000./s1. The lowest BCUT2D eigenvalue weighted by Gasteiger charge is -2.56. The van der Waals surface area contributed by atoms with Crippen molar-refractivity contribution in [2.75, 3.05) is 19.6 Å². The number of aromatic nitrogens is 4. The van der Waals surface area contributed by atoms with Crippen molar-refractivity contribution in [2.24, 2.45) is 44.2 Å². The molecule has 12 aliphatic rings. The molecule has 0 aliphatic heterocycles. The zero-order chi connectivity index (χ0) is 79.1. The minimum atomic E-state index is -0.691. The number of carbonyl (C=O) groups excluding carboxylic acids is 4. The lowest BCUT2D eigenvalue weighted by atomic mass is 9.50. The molecule has 5 aromatic rings. The van der Waals surface area contributed by atoms with Crippen LogP contribution in [-0.2, 0) is 34.6 Å². The van der Waals surface area contributed by atoms with Gasteiger partial charge >= 0.3 is 30.3 Å². The normalized spacial score (nSPS) is 31.3. The second-order valence-corrected chi connectivity index (χ2v) is 39.7. The number of nitrogens with zero attached hydrogens (tertiary/aromatic N) is 7. The molecule has 12 saturated carbocycles. The van der Waals surface area contributed by atoms with Crippen LogP contribution in [0.5, 0.6) is 0 Å². The fourth-order valence-corrected chi connectivity index (χ4v) is 18.8. The summed E-state index contributed by atoms with van der Waals surface area (Å²) in [6.07, 6.45) is 19.6. The molecule has 12 aliphatic carbocycles. The van der Waals surface area contributed by atoms with Crippen LogP contribution in [0.2, 0.25) is 0 Å². The molecule has 9 N–H and O–H groups in total. The third kappa shape index (κ3) is 19.0. The van der Waals surface area contributed by atoms with Crippen LogP contribution in [0.15, 0.2) is 105 Å². The number of carbonyl (C=O) groups is 5. The summed E-state index contributed by atoms with van der Waals surface area (Å²) in [5, 5.41) is 39.5. The van der Waals surface area contributed by atoms with Gasteiger partial charge in [-0.05, 0) is 251 Å². The molecule has 0 bridgehead atoms. The number of carboxylic acid groups (broad SMARTS) is 1. The van der Waals surface area contributed by atoms with Crippen molar-refractivity contribution >= 4 is 36.2 Å². The molecule has 25 nitrogen and oxygen atoms in total. The van der Waals surface area contributed by atoms with E-state index >= 15 is 0 Å². The molecule has 0 unspecified atom stereocenters. The van der Waals surface area contributed by atoms with E-state index in [1.165, 1.54) is 61.6 Å². The van der Waals surface area contributed by atoms with Gasteiger partial charge in [0.25, 0.3) is 0 Å². The molecule has 25 heteroatoms. The highest BCUT2D eigenvalue weighted by Crippen LogP contribution is 2.64. The lowest BCUT2D eigenvalue weighted by molar-refractivity contribution is -0.156. The number of nitrogens with two attached hydrogens (primary N) is 2. The Hall–Kier alpha value is -8.32. The number of carboxylic acids is 1. The average molecular weight is 1530 g/mol. The fourth-order valence-electron chi connectivity index (χ4n) is 18.8. The summed E-state index contributed by atoms with van der Waals surface area (Å²) in [6, 6.07) is 33.0. The average Bonchev–Trinajstić information content (AvgIpc) is 1.71. The minimum Gasteiger partial charge on any atom is -0.481 e. The van der Waals surface area contributed by atoms with Gasteiger partial charge in [0.2, 0.25) is 11.8 Å². The second kappa shape index (κ2) is 29.9. The molecule has 3 spiro atoms. The molecule has 3 aromatic carbocycles. The van der Waals surface area contributed by atoms with Gasteiger partial charge in [-0.25, -0.2) is 19.2 Å². The Morgan fingerprint density at radius 1 is 0.514 bits per heavy atom. The molecule has 4 amide bonds. The summed E-state index contributed by atoms with van der Waals surface area (Å²) >= 11 is 0. The van der Waals surface area contributed by atoms with E-state index in [1.54, 1.807) is 4.90 Å². The van der Waals surface area contributed by atoms with Crippen molar-refractivity contribution in [1.29, 1.82) is 0 Å². The van der Waals surface area contributed by atoms with E-state index in [0.717, 1.165) is 114 Å². The Balaban J connectivity index is 0.000000129. The van der Waals surface area contributed by atoms with Crippen LogP contribution in [0.3, 0.4) is 0 Å². The van der Waals surface area contributed by atoms with Gasteiger partial charge in [0.15, 0.2) is 11.6 Å². The molecule has 17 rings (SSSR count). The summed E-state index contributed by atoms with van der Waals surface area (Å²) in [6.45, 7) is 24.4. The minimum absolute atomic E-state index is 0.0983. The Morgan fingerprint density at radius 3 is 1.28 bits per heavy atom. The zero-order valence-electron chi connectivity index (χ0n) is 67.2. The molecular weight excluding hydrogens is 1410 g/mol. The summed E-state index contributed by atoms with van der Waals surface area (Å²) < 4.78 is 33.5. The smallest absolute Gasteiger partial charge is 0.410 e. The first kappa shape index (κ1) is 79.3. The summed E-state index contributed by atoms with van der Waals surface area (Å²) in [5.41, 5.74) is 14.1. The molecule has 0 saturated heterocycles. The van der Waals surface area contributed by atoms with Crippen LogP contribution in [0.4, 0.5) is 19.2 Å². The summed E-state index contributed by atoms with van der Waals surface area (Å²) in [7, 11) is 0. The third-order valence-corrected chi connectivity index (χ3v) is 25.4. The largest absolute Gasteiger partial charge is 0.481 e. The molecule has 111 heavy (non-hydrogen) atoms. The van der Waals surface area contributed by atoms with Crippen LogP contribution in [0, 0.1) is 27.6 Å². The molecule has 2 heterocycles. The predicted molar refractivity (Wildman–Crippen MR) is 416 cm³/mol. The maximum atomic E-state index is 13.4. The first-order chi connectivity index (χ1) is 52.3. The van der Waals surface area contributed by atoms with Gasteiger partial charge in [0.05, 0.1) is 11.3 Å². The number of ether oxygens (including phenoxy) is 4. The van der Waals surface area contributed by atoms with Crippen molar-refractivity contribution in [3.63, 3.8) is 0 Å². The highest BCUT2D eigenvalue weighted by Gasteiger charge is 2.61. The van der Waals surface area contributed by atoms with Crippen LogP contribution >= 0.6 is 0 Å². The molecule has 0 radical (unpaired) electrons. The highest BCUT2D eigenvalue weighted by atomic mass is 16.6. The zero-order valence-corrected chi connectivity index (χ0v) is 67.2. The quantitative estimate of drug-likeness (QED) is 0.0125. The number of oxime groups is 1. The lowest BCUT2D eigenvalue weighted by Crippen LogP contribution is -2.57. The van der Waals surface area contributed by atoms with Gasteiger partial charge in [0.1, 0.15) is 28.2 Å². The van der Waals surface area contributed by atoms with Crippen LogP contribution in [0.1, 0.15) is 288 Å². The van der Waals surface area contributed by atoms with E-state index in [4.69, 9.17) is 59.7 Å². The Labute approximate surface area is 653 Å². The predicted octanol–water partition coefficient (Wildman–Crippen LogP) is 15.1. The maximum Gasteiger partial charge on any atom is 0.410 e. The van der Waals surface area contributed by atoms with E-state index in [2.05, 4.69) is 98.1 Å². The highest BCUT2D eigenvalue weighted by molar-refractivity contribution is 5.89. The van der Waals surface area contributed by atoms with Crippen LogP contribution in [0.25, 0.3) is 0 Å². The van der Waals surface area contributed by atoms with E-state index in [-0.39, 0.29) is 87.9 Å². The Bertz CT molecular complexity index is 4140. The number of aliphatic carboxylic acids is 1. The molecule has 6 atom stereocenters. The van der Waals surface area contributed by atoms with Gasteiger partial charge in [0, 0.05) is 96.3 Å². The fraction of sp³-hybridized carbons (Fsp3) is 0.674. The van der Waals surface area contributed by atoms with Gasteiger partial charge < -0.3 is 75.5 Å². The van der Waals surface area contributed by atoms with E-state index < -0.39 is 33.8 Å². The number of hydrogen-bond donors (Lipinski definition) is 7. The van der Waals surface area contributed by atoms with Gasteiger partial charge in [-0.15, -0.1) is 0 Å². The SMILES string of the molecule is CC(C)(C)OC(=O)N(CC1(C(N)=NO)CC1)[C@@H]1C[C@H]1c1ccccc1.CC(C)(C)OC(=O)NC1CC2(C1)CC(C(=O)O)C2.CC(C)(C)OC(=O)NC1CC2(C1)CC(c1nc(C3(CN(C(=O)OC(C)(C)C)[C@@H]4C[C@H]4c4ccccc4)CC3)no1)C2.NC1CC2(C1)CC(c1nc(C3(CN[C@@H]4C[C@H]4c4ccccc4)CC3)no1)C2. The van der Waals surface area contributed by atoms with E-state index in [9.17, 15) is 24.0 Å². The Kier molecular flexibility index (Phi) is 21.4. The first-order valence-corrected chi connectivity index (χ1v) is 40.8. The monoisotopic (exact) mass is 1530 g/mol. The summed E-state index contributed by atoms with van der Waals surface area (Å²) in [5.74, 6) is 4.60. The summed E-state index contributed by atoms with van der Waals surface area (Å²) in [4.78, 5) is 74.0. The maximum absolute atomic E-state index is 13.4. The van der Waals surface area contributed by atoms with Crippen molar-refractivity contribution in [2.45, 2.75) is 317 Å². The van der Waals surface area contributed by atoms with E-state index in [0.29, 0.717) is 60.2 Å². The Morgan fingerprint density at radius 2 is 0.901 bits per heavy atom. The number of benzene rings is 3. The topological polar surface area (TPSA) is 348 Å². The number of amidine groups is 1. The van der Waals surface area contributed by atoms with Crippen molar-refractivity contribution in [3.8, 4) is 0 Å². The van der Waals surface area contributed by atoms with E-state index in [1.807, 2.05) is 112 Å².